The fourth-order valence-corrected chi connectivity index (χ4v) is 4.17. The van der Waals surface area contributed by atoms with Crippen molar-refractivity contribution in [3.05, 3.63) is 59.5 Å². The SMILES string of the molecule is CCOc1ccc(-c2nnc(SC(C)C(=O)Nc3nc(-c4ccc(F)c(F)c4)cs3)o2)cc1. The summed E-state index contributed by atoms with van der Waals surface area (Å²) >= 11 is 2.30. The highest BCUT2D eigenvalue weighted by Crippen LogP contribution is 2.29. The molecule has 0 aliphatic carbocycles. The van der Waals surface area contributed by atoms with Crippen LogP contribution in [0.4, 0.5) is 13.9 Å². The zero-order chi connectivity index (χ0) is 23.4. The molecule has 33 heavy (non-hydrogen) atoms. The van der Waals surface area contributed by atoms with Crippen LogP contribution in [0.5, 0.6) is 5.75 Å². The summed E-state index contributed by atoms with van der Waals surface area (Å²) in [4.78, 5) is 16.8. The molecule has 1 atom stereocenters. The lowest BCUT2D eigenvalue weighted by Crippen LogP contribution is -2.22. The molecule has 4 aromatic rings. The van der Waals surface area contributed by atoms with Gasteiger partial charge >= 0.3 is 0 Å². The molecule has 2 heterocycles. The first-order valence-corrected chi connectivity index (χ1v) is 11.6. The molecule has 7 nitrogen and oxygen atoms in total. The van der Waals surface area contributed by atoms with Gasteiger partial charge in [0.05, 0.1) is 17.6 Å². The summed E-state index contributed by atoms with van der Waals surface area (Å²) in [6.07, 6.45) is 0. The number of carbonyl (C=O) groups is 1. The first-order chi connectivity index (χ1) is 15.9. The highest BCUT2D eigenvalue weighted by molar-refractivity contribution is 8.00. The molecule has 1 unspecified atom stereocenters. The molecule has 11 heteroatoms. The summed E-state index contributed by atoms with van der Waals surface area (Å²) in [7, 11) is 0. The maximum atomic E-state index is 13.5. The monoisotopic (exact) mass is 488 g/mol. The summed E-state index contributed by atoms with van der Waals surface area (Å²) < 4.78 is 37.7. The number of hydrogen-bond acceptors (Lipinski definition) is 8. The minimum Gasteiger partial charge on any atom is -0.494 e. The standard InChI is InChI=1S/C22H18F2N4O3S2/c1-3-30-15-7-4-13(5-8-15)20-27-28-22(31-20)33-12(2)19(29)26-21-25-18(11-32-21)14-6-9-16(23)17(24)10-14/h4-12H,3H2,1-2H3,(H,25,26,29). The van der Waals surface area contributed by atoms with Crippen molar-refractivity contribution in [1.82, 2.24) is 15.2 Å². The Balaban J connectivity index is 1.36. The third-order valence-corrected chi connectivity index (χ3v) is 6.11. The van der Waals surface area contributed by atoms with Crippen molar-refractivity contribution in [2.45, 2.75) is 24.3 Å². The van der Waals surface area contributed by atoms with E-state index in [4.69, 9.17) is 9.15 Å². The van der Waals surface area contributed by atoms with Gasteiger partial charge in [-0.2, -0.15) is 0 Å². The Kier molecular flexibility index (Phi) is 6.99. The van der Waals surface area contributed by atoms with Crippen molar-refractivity contribution in [3.8, 4) is 28.5 Å². The number of anilines is 1. The van der Waals surface area contributed by atoms with Crippen molar-refractivity contribution in [3.63, 3.8) is 0 Å². The Morgan fingerprint density at radius 2 is 1.91 bits per heavy atom. The molecular formula is C22H18F2N4O3S2. The zero-order valence-electron chi connectivity index (χ0n) is 17.5. The average Bonchev–Trinajstić information content (AvgIpc) is 3.46. The predicted octanol–water partition coefficient (Wildman–Crippen LogP) is 5.66. The van der Waals surface area contributed by atoms with E-state index in [1.807, 2.05) is 31.2 Å². The Bertz CT molecular complexity index is 1260. The molecule has 0 fully saturated rings. The molecule has 1 amide bonds. The Morgan fingerprint density at radius 3 is 2.64 bits per heavy atom. The second-order valence-corrected chi connectivity index (χ2v) is 8.90. The van der Waals surface area contributed by atoms with Gasteiger partial charge in [-0.05, 0) is 56.3 Å². The minimum atomic E-state index is -0.958. The number of thiazole rings is 1. The average molecular weight is 489 g/mol. The molecule has 0 aliphatic heterocycles. The number of hydrogen-bond donors (Lipinski definition) is 1. The summed E-state index contributed by atoms with van der Waals surface area (Å²) in [5.41, 5.74) is 1.59. The summed E-state index contributed by atoms with van der Waals surface area (Å²) in [6, 6.07) is 10.8. The van der Waals surface area contributed by atoms with E-state index in [9.17, 15) is 13.6 Å². The number of thioether (sulfide) groups is 1. The van der Waals surface area contributed by atoms with E-state index < -0.39 is 16.9 Å². The molecule has 170 valence electrons. The van der Waals surface area contributed by atoms with Gasteiger partial charge in [-0.15, -0.1) is 21.5 Å². The fourth-order valence-electron chi connectivity index (χ4n) is 2.77. The molecule has 0 saturated heterocycles. The van der Waals surface area contributed by atoms with E-state index in [1.165, 1.54) is 17.4 Å². The van der Waals surface area contributed by atoms with Crippen LogP contribution in [-0.2, 0) is 4.79 Å². The highest BCUT2D eigenvalue weighted by atomic mass is 32.2. The van der Waals surface area contributed by atoms with E-state index >= 15 is 0 Å². The molecular weight excluding hydrogens is 470 g/mol. The van der Waals surface area contributed by atoms with E-state index in [0.29, 0.717) is 28.9 Å². The number of rotatable bonds is 8. The van der Waals surface area contributed by atoms with Crippen LogP contribution in [0.25, 0.3) is 22.7 Å². The number of carbonyl (C=O) groups excluding carboxylic acids is 1. The van der Waals surface area contributed by atoms with Gasteiger partial charge in [0.1, 0.15) is 5.75 Å². The van der Waals surface area contributed by atoms with Gasteiger partial charge in [0, 0.05) is 16.5 Å². The largest absolute Gasteiger partial charge is 0.494 e. The van der Waals surface area contributed by atoms with Crippen LogP contribution in [0.15, 0.2) is 57.5 Å². The lowest BCUT2D eigenvalue weighted by molar-refractivity contribution is -0.115. The van der Waals surface area contributed by atoms with Crippen LogP contribution in [0, 0.1) is 11.6 Å². The van der Waals surface area contributed by atoms with Gasteiger partial charge < -0.3 is 14.5 Å². The van der Waals surface area contributed by atoms with Crippen molar-refractivity contribution in [2.75, 3.05) is 11.9 Å². The fraction of sp³-hybridized carbons (Fsp3) is 0.182. The molecule has 0 radical (unpaired) electrons. The van der Waals surface area contributed by atoms with Crippen LogP contribution in [0.1, 0.15) is 13.8 Å². The Morgan fingerprint density at radius 1 is 1.15 bits per heavy atom. The third-order valence-electron chi connectivity index (χ3n) is 4.42. The smallest absolute Gasteiger partial charge is 0.277 e. The number of halogens is 2. The first-order valence-electron chi connectivity index (χ1n) is 9.88. The number of nitrogens with one attached hydrogen (secondary N) is 1. The lowest BCUT2D eigenvalue weighted by atomic mass is 10.2. The molecule has 0 spiro atoms. The lowest BCUT2D eigenvalue weighted by Gasteiger charge is -2.07. The van der Waals surface area contributed by atoms with Gasteiger partial charge in [0.2, 0.25) is 11.8 Å². The van der Waals surface area contributed by atoms with E-state index in [0.717, 1.165) is 35.2 Å². The topological polar surface area (TPSA) is 90.1 Å². The van der Waals surface area contributed by atoms with Crippen LogP contribution in [-0.4, -0.2) is 32.9 Å². The molecule has 0 saturated carbocycles. The second-order valence-electron chi connectivity index (χ2n) is 6.75. The Labute approximate surface area is 196 Å². The van der Waals surface area contributed by atoms with Crippen LogP contribution >= 0.6 is 23.1 Å². The summed E-state index contributed by atoms with van der Waals surface area (Å²) in [5, 5.41) is 12.4. The Hall–Kier alpha value is -3.31. The van der Waals surface area contributed by atoms with E-state index in [-0.39, 0.29) is 11.1 Å². The van der Waals surface area contributed by atoms with Gasteiger partial charge in [0.15, 0.2) is 16.8 Å². The van der Waals surface area contributed by atoms with Crippen molar-refractivity contribution >= 4 is 34.1 Å². The summed E-state index contributed by atoms with van der Waals surface area (Å²) in [5.74, 6) is -1.12. The molecule has 0 aliphatic rings. The number of amides is 1. The molecule has 2 aromatic carbocycles. The van der Waals surface area contributed by atoms with Crippen LogP contribution in [0.3, 0.4) is 0 Å². The molecule has 1 N–H and O–H groups in total. The second kappa shape index (κ2) is 10.1. The number of nitrogens with zero attached hydrogens (tertiary/aromatic N) is 3. The van der Waals surface area contributed by atoms with Crippen LogP contribution < -0.4 is 10.1 Å². The zero-order valence-corrected chi connectivity index (χ0v) is 19.2. The number of benzene rings is 2. The minimum absolute atomic E-state index is 0.253. The van der Waals surface area contributed by atoms with Gasteiger partial charge in [-0.3, -0.25) is 4.79 Å². The van der Waals surface area contributed by atoms with Crippen LogP contribution in [0.2, 0.25) is 0 Å². The first kappa shape index (κ1) is 22.9. The van der Waals surface area contributed by atoms with E-state index in [1.54, 1.807) is 12.3 Å². The molecule has 2 aromatic heterocycles. The number of ether oxygens (including phenoxy) is 1. The quantitative estimate of drug-likeness (QED) is 0.320. The van der Waals surface area contributed by atoms with Gasteiger partial charge in [-0.25, -0.2) is 13.8 Å². The van der Waals surface area contributed by atoms with Crippen molar-refractivity contribution in [1.29, 1.82) is 0 Å². The predicted molar refractivity (Wildman–Crippen MR) is 122 cm³/mol. The third kappa shape index (κ3) is 5.55. The van der Waals surface area contributed by atoms with Gasteiger partial charge in [-0.1, -0.05) is 11.8 Å². The molecule has 0 bridgehead atoms. The molecule has 4 rings (SSSR count). The summed E-state index contributed by atoms with van der Waals surface area (Å²) in [6.45, 7) is 4.19. The van der Waals surface area contributed by atoms with Crippen molar-refractivity contribution in [2.24, 2.45) is 0 Å². The van der Waals surface area contributed by atoms with Gasteiger partial charge in [0.25, 0.3) is 5.22 Å². The highest BCUT2D eigenvalue weighted by Gasteiger charge is 2.20. The number of aromatic nitrogens is 3. The van der Waals surface area contributed by atoms with Crippen molar-refractivity contribution < 1.29 is 22.7 Å². The normalized spacial score (nSPS) is 11.9. The van der Waals surface area contributed by atoms with E-state index in [2.05, 4.69) is 20.5 Å². The maximum absolute atomic E-state index is 13.5. The maximum Gasteiger partial charge on any atom is 0.277 e.